The molecule has 0 radical (unpaired) electrons. The number of piperidine rings is 1. The van der Waals surface area contributed by atoms with Gasteiger partial charge in [-0.1, -0.05) is 0 Å². The number of ether oxygens (including phenoxy) is 2. The number of hydrogen-bond acceptors (Lipinski definition) is 4. The van der Waals surface area contributed by atoms with Crippen molar-refractivity contribution in [3.63, 3.8) is 0 Å². The van der Waals surface area contributed by atoms with E-state index in [2.05, 4.69) is 4.90 Å². The van der Waals surface area contributed by atoms with Crippen LogP contribution in [0.25, 0.3) is 0 Å². The van der Waals surface area contributed by atoms with Crippen LogP contribution in [0.4, 0.5) is 0 Å². The molecule has 4 fully saturated rings. The van der Waals surface area contributed by atoms with Gasteiger partial charge in [-0.05, 0) is 63.2 Å². The Balaban J connectivity index is 1.22. The fourth-order valence-electron chi connectivity index (χ4n) is 5.34. The number of amides is 1. The molecule has 1 amide bonds. The second-order valence-electron chi connectivity index (χ2n) is 8.28. The van der Waals surface area contributed by atoms with Crippen LogP contribution in [-0.2, 0) is 14.3 Å². The molecule has 5 heteroatoms. The van der Waals surface area contributed by atoms with Crippen molar-refractivity contribution in [2.45, 2.75) is 69.6 Å². The maximum Gasteiger partial charge on any atom is 0.227 e. The summed E-state index contributed by atoms with van der Waals surface area (Å²) in [5.74, 6) is 1.57. The van der Waals surface area contributed by atoms with Gasteiger partial charge >= 0.3 is 0 Å². The topological polar surface area (TPSA) is 64.8 Å². The van der Waals surface area contributed by atoms with E-state index in [9.17, 15) is 4.79 Å². The van der Waals surface area contributed by atoms with Crippen LogP contribution in [0.5, 0.6) is 0 Å². The average molecular weight is 336 g/mol. The highest BCUT2D eigenvalue weighted by Crippen LogP contribution is 2.48. The van der Waals surface area contributed by atoms with Crippen molar-refractivity contribution in [3.05, 3.63) is 0 Å². The van der Waals surface area contributed by atoms with E-state index in [-0.39, 0.29) is 24.2 Å². The molecule has 2 heterocycles. The van der Waals surface area contributed by atoms with E-state index in [1.54, 1.807) is 0 Å². The predicted octanol–water partition coefficient (Wildman–Crippen LogP) is 1.94. The largest absolute Gasteiger partial charge is 0.376 e. The third-order valence-corrected chi connectivity index (χ3v) is 6.81. The number of rotatable bonds is 4. The molecule has 4 aliphatic rings. The Labute approximate surface area is 145 Å². The number of fused-ring (bicyclic) bond motifs is 2. The van der Waals surface area contributed by atoms with Crippen molar-refractivity contribution < 1.29 is 14.3 Å². The van der Waals surface area contributed by atoms with Crippen molar-refractivity contribution in [3.8, 4) is 0 Å². The van der Waals surface area contributed by atoms with Gasteiger partial charge in [0, 0.05) is 25.7 Å². The molecule has 2 aliphatic carbocycles. The molecule has 2 saturated heterocycles. The van der Waals surface area contributed by atoms with Crippen molar-refractivity contribution in [2.75, 3.05) is 26.3 Å². The van der Waals surface area contributed by atoms with Gasteiger partial charge in [0.1, 0.15) is 0 Å². The first kappa shape index (κ1) is 16.8. The van der Waals surface area contributed by atoms with Crippen LogP contribution in [0.2, 0.25) is 0 Å². The Hall–Kier alpha value is -0.650. The monoisotopic (exact) mass is 336 g/mol. The third-order valence-electron chi connectivity index (χ3n) is 6.81. The molecular formula is C19H32N2O3. The standard InChI is InChI=1S/C19H32N2O3/c20-18-14-5-4-13(11-14)17(18)19(22)21-8-6-15(7-9-21)24-12-16-3-1-2-10-23-16/h13-18H,1-12,20H2. The minimum atomic E-state index is 0.0943. The summed E-state index contributed by atoms with van der Waals surface area (Å²) in [5.41, 5.74) is 6.34. The number of hydrogen-bond donors (Lipinski definition) is 1. The quantitative estimate of drug-likeness (QED) is 0.852. The fourth-order valence-corrected chi connectivity index (χ4v) is 5.34. The van der Waals surface area contributed by atoms with Crippen LogP contribution in [0, 0.1) is 17.8 Å². The molecule has 2 aliphatic heterocycles. The molecule has 0 aromatic carbocycles. The Morgan fingerprint density at radius 2 is 1.88 bits per heavy atom. The molecule has 5 nitrogen and oxygen atoms in total. The van der Waals surface area contributed by atoms with Gasteiger partial charge < -0.3 is 20.1 Å². The summed E-state index contributed by atoms with van der Waals surface area (Å²) in [5, 5.41) is 0. The zero-order valence-electron chi connectivity index (χ0n) is 14.7. The Bertz CT molecular complexity index is 442. The zero-order valence-corrected chi connectivity index (χ0v) is 14.7. The normalized spacial score (nSPS) is 40.2. The Morgan fingerprint density at radius 3 is 2.54 bits per heavy atom. The van der Waals surface area contributed by atoms with Crippen LogP contribution in [0.15, 0.2) is 0 Å². The second-order valence-corrected chi connectivity index (χ2v) is 8.28. The molecule has 0 aromatic rings. The second kappa shape index (κ2) is 7.30. The number of carbonyl (C=O) groups is 1. The fraction of sp³-hybridized carbons (Fsp3) is 0.947. The first-order valence-corrected chi connectivity index (χ1v) is 10.00. The van der Waals surface area contributed by atoms with E-state index in [0.717, 1.165) is 45.6 Å². The van der Waals surface area contributed by atoms with Crippen molar-refractivity contribution in [2.24, 2.45) is 23.5 Å². The summed E-state index contributed by atoms with van der Waals surface area (Å²) in [7, 11) is 0. The van der Waals surface area contributed by atoms with Gasteiger partial charge in [-0.3, -0.25) is 4.79 Å². The zero-order chi connectivity index (χ0) is 16.5. The molecule has 0 spiro atoms. The van der Waals surface area contributed by atoms with E-state index >= 15 is 0 Å². The highest BCUT2D eigenvalue weighted by atomic mass is 16.5. The van der Waals surface area contributed by atoms with Crippen molar-refractivity contribution in [1.29, 1.82) is 0 Å². The molecule has 136 valence electrons. The minimum absolute atomic E-state index is 0.0943. The van der Waals surface area contributed by atoms with E-state index < -0.39 is 0 Å². The molecule has 2 N–H and O–H groups in total. The van der Waals surface area contributed by atoms with Gasteiger partial charge in [-0.25, -0.2) is 0 Å². The summed E-state index contributed by atoms with van der Waals surface area (Å²) < 4.78 is 11.8. The number of nitrogens with two attached hydrogens (primary N) is 1. The molecule has 5 unspecified atom stereocenters. The van der Waals surface area contributed by atoms with E-state index in [0.29, 0.717) is 17.7 Å². The molecule has 2 bridgehead atoms. The summed E-state index contributed by atoms with van der Waals surface area (Å²) in [6.07, 6.45) is 9.65. The van der Waals surface area contributed by atoms with Gasteiger partial charge in [0.15, 0.2) is 0 Å². The van der Waals surface area contributed by atoms with Crippen LogP contribution < -0.4 is 5.73 Å². The smallest absolute Gasteiger partial charge is 0.227 e. The van der Waals surface area contributed by atoms with Crippen molar-refractivity contribution >= 4 is 5.91 Å². The molecular weight excluding hydrogens is 304 g/mol. The van der Waals surface area contributed by atoms with Crippen LogP contribution >= 0.6 is 0 Å². The maximum absolute atomic E-state index is 12.9. The Morgan fingerprint density at radius 1 is 1.08 bits per heavy atom. The lowest BCUT2D eigenvalue weighted by Gasteiger charge is -2.37. The first-order valence-electron chi connectivity index (χ1n) is 10.00. The predicted molar refractivity (Wildman–Crippen MR) is 91.4 cm³/mol. The van der Waals surface area contributed by atoms with E-state index in [1.807, 2.05) is 0 Å². The first-order chi connectivity index (χ1) is 11.7. The lowest BCUT2D eigenvalue weighted by Crippen LogP contribution is -2.50. The van der Waals surface area contributed by atoms with Crippen LogP contribution in [-0.4, -0.2) is 55.4 Å². The Kier molecular flexibility index (Phi) is 5.11. The molecule has 5 atom stereocenters. The van der Waals surface area contributed by atoms with E-state index in [4.69, 9.17) is 15.2 Å². The highest BCUT2D eigenvalue weighted by molar-refractivity contribution is 5.80. The van der Waals surface area contributed by atoms with Gasteiger partial charge in [0.05, 0.1) is 24.7 Å². The van der Waals surface area contributed by atoms with E-state index in [1.165, 1.54) is 32.1 Å². The lowest BCUT2D eigenvalue weighted by atomic mass is 9.83. The molecule has 4 rings (SSSR count). The SMILES string of the molecule is NC1C2CCC(C2)C1C(=O)N1CCC(OCC2CCCCO2)CC1. The summed E-state index contributed by atoms with van der Waals surface area (Å²) in [6, 6.07) is 0.105. The van der Waals surface area contributed by atoms with Gasteiger partial charge in [0.25, 0.3) is 0 Å². The average Bonchev–Trinajstić information content (AvgIpc) is 3.22. The van der Waals surface area contributed by atoms with Gasteiger partial charge in [0.2, 0.25) is 5.91 Å². The summed E-state index contributed by atoms with van der Waals surface area (Å²) in [6.45, 7) is 3.26. The maximum atomic E-state index is 12.9. The third kappa shape index (κ3) is 3.35. The number of nitrogens with zero attached hydrogens (tertiary/aromatic N) is 1. The van der Waals surface area contributed by atoms with Gasteiger partial charge in [-0.15, -0.1) is 0 Å². The minimum Gasteiger partial charge on any atom is -0.376 e. The van der Waals surface area contributed by atoms with Crippen molar-refractivity contribution in [1.82, 2.24) is 4.90 Å². The number of carbonyl (C=O) groups excluding carboxylic acids is 1. The number of likely N-dealkylation sites (tertiary alicyclic amines) is 1. The lowest BCUT2D eigenvalue weighted by molar-refractivity contribution is -0.141. The van der Waals surface area contributed by atoms with Crippen LogP contribution in [0.1, 0.15) is 51.4 Å². The summed E-state index contributed by atoms with van der Waals surface area (Å²) in [4.78, 5) is 15.0. The highest BCUT2D eigenvalue weighted by Gasteiger charge is 2.50. The van der Waals surface area contributed by atoms with Gasteiger partial charge in [-0.2, -0.15) is 0 Å². The molecule has 2 saturated carbocycles. The summed E-state index contributed by atoms with van der Waals surface area (Å²) >= 11 is 0. The molecule has 0 aromatic heterocycles. The molecule has 24 heavy (non-hydrogen) atoms. The van der Waals surface area contributed by atoms with Crippen LogP contribution in [0.3, 0.4) is 0 Å².